The molecule has 3 aromatic rings. The average molecular weight is 331 g/mol. The highest BCUT2D eigenvalue weighted by molar-refractivity contribution is 7.16. The van der Waals surface area contributed by atoms with E-state index in [2.05, 4.69) is 10.3 Å². The van der Waals surface area contributed by atoms with Gasteiger partial charge in [-0.2, -0.15) is 0 Å². The van der Waals surface area contributed by atoms with Gasteiger partial charge in [-0.1, -0.05) is 19.9 Å². The molecule has 0 radical (unpaired) electrons. The lowest BCUT2D eigenvalue weighted by Gasteiger charge is -2.21. The van der Waals surface area contributed by atoms with Crippen molar-refractivity contribution < 1.29 is 4.79 Å². The predicted molar refractivity (Wildman–Crippen MR) is 92.4 cm³/mol. The molecule has 114 valence electrons. The number of hydrogen-bond acceptors (Lipinski definition) is 4. The average Bonchev–Trinajstić information content (AvgIpc) is 3.20. The maximum absolute atomic E-state index is 12.6. The Balaban J connectivity index is 1.76. The summed E-state index contributed by atoms with van der Waals surface area (Å²) in [6.07, 6.45) is 3.84. The van der Waals surface area contributed by atoms with Gasteiger partial charge in [0.2, 0.25) is 5.91 Å². The molecule has 0 bridgehead atoms. The Morgan fingerprint density at radius 1 is 1.23 bits per heavy atom. The number of rotatable bonds is 5. The number of carbonyl (C=O) groups is 1. The van der Waals surface area contributed by atoms with E-state index >= 15 is 0 Å². The molecule has 1 N–H and O–H groups in total. The highest BCUT2D eigenvalue weighted by atomic mass is 32.1. The van der Waals surface area contributed by atoms with E-state index in [0.717, 1.165) is 10.6 Å². The summed E-state index contributed by atoms with van der Waals surface area (Å²) in [5.41, 5.74) is 0.914. The molecule has 6 heteroatoms. The SMILES string of the molecule is CC(C)[C@H](C(=O)Nc1nc(-c2cccs2)cs1)n1cccc1. The van der Waals surface area contributed by atoms with Gasteiger partial charge in [0.1, 0.15) is 6.04 Å². The Labute approximate surface area is 137 Å². The fraction of sp³-hybridized carbons (Fsp3) is 0.250. The van der Waals surface area contributed by atoms with Crippen LogP contribution in [0.25, 0.3) is 10.6 Å². The van der Waals surface area contributed by atoms with E-state index in [1.165, 1.54) is 11.3 Å². The van der Waals surface area contributed by atoms with Crippen molar-refractivity contribution in [3.63, 3.8) is 0 Å². The summed E-state index contributed by atoms with van der Waals surface area (Å²) in [5.74, 6) is 0.169. The lowest BCUT2D eigenvalue weighted by molar-refractivity contribution is -0.120. The molecule has 0 saturated heterocycles. The third-order valence-electron chi connectivity index (χ3n) is 3.36. The van der Waals surface area contributed by atoms with E-state index in [0.29, 0.717) is 5.13 Å². The first-order chi connectivity index (χ1) is 10.6. The van der Waals surface area contributed by atoms with Crippen LogP contribution < -0.4 is 5.32 Å². The van der Waals surface area contributed by atoms with Crippen molar-refractivity contribution in [1.29, 1.82) is 0 Å². The number of carbonyl (C=O) groups excluding carboxylic acids is 1. The van der Waals surface area contributed by atoms with Crippen molar-refractivity contribution >= 4 is 33.7 Å². The standard InChI is InChI=1S/C16H17N3OS2/c1-11(2)14(19-7-3-4-8-19)15(20)18-16-17-12(10-22-16)13-6-5-9-21-13/h3-11,14H,1-2H3,(H,17,18,20)/t14-/m1/s1. The molecule has 0 aliphatic carbocycles. The molecule has 1 atom stereocenters. The number of anilines is 1. The van der Waals surface area contributed by atoms with E-state index in [1.54, 1.807) is 11.3 Å². The Kier molecular flexibility index (Phi) is 4.40. The summed E-state index contributed by atoms with van der Waals surface area (Å²) in [6, 6.07) is 7.66. The second kappa shape index (κ2) is 6.46. The molecule has 0 saturated carbocycles. The highest BCUT2D eigenvalue weighted by Gasteiger charge is 2.24. The van der Waals surface area contributed by atoms with Crippen molar-refractivity contribution in [2.45, 2.75) is 19.9 Å². The molecule has 0 aromatic carbocycles. The molecule has 22 heavy (non-hydrogen) atoms. The van der Waals surface area contributed by atoms with Gasteiger partial charge in [-0.3, -0.25) is 4.79 Å². The first kappa shape index (κ1) is 15.0. The largest absolute Gasteiger partial charge is 0.342 e. The van der Waals surface area contributed by atoms with Crippen LogP contribution in [-0.4, -0.2) is 15.5 Å². The van der Waals surface area contributed by atoms with Gasteiger partial charge < -0.3 is 9.88 Å². The Bertz CT molecular complexity index is 729. The van der Waals surface area contributed by atoms with Crippen molar-refractivity contribution in [2.75, 3.05) is 5.32 Å². The number of aromatic nitrogens is 2. The lowest BCUT2D eigenvalue weighted by atomic mass is 10.0. The van der Waals surface area contributed by atoms with Gasteiger partial charge in [0.25, 0.3) is 0 Å². The molecule has 0 spiro atoms. The number of amides is 1. The molecule has 3 rings (SSSR count). The maximum Gasteiger partial charge on any atom is 0.249 e. The van der Waals surface area contributed by atoms with Gasteiger partial charge in [-0.15, -0.1) is 22.7 Å². The molecule has 0 aliphatic rings. The van der Waals surface area contributed by atoms with E-state index in [9.17, 15) is 4.79 Å². The summed E-state index contributed by atoms with van der Waals surface area (Å²) in [4.78, 5) is 18.2. The van der Waals surface area contributed by atoms with E-state index in [-0.39, 0.29) is 17.9 Å². The second-order valence-electron chi connectivity index (χ2n) is 5.32. The zero-order valence-corrected chi connectivity index (χ0v) is 14.0. The molecular weight excluding hydrogens is 314 g/mol. The first-order valence-corrected chi connectivity index (χ1v) is 8.84. The molecule has 3 aromatic heterocycles. The van der Waals surface area contributed by atoms with E-state index in [4.69, 9.17) is 0 Å². The zero-order chi connectivity index (χ0) is 15.5. The molecular formula is C16H17N3OS2. The fourth-order valence-electron chi connectivity index (χ4n) is 2.36. The van der Waals surface area contributed by atoms with Crippen molar-refractivity contribution in [2.24, 2.45) is 5.92 Å². The van der Waals surface area contributed by atoms with Crippen LogP contribution in [0, 0.1) is 5.92 Å². The zero-order valence-electron chi connectivity index (χ0n) is 12.4. The predicted octanol–water partition coefficient (Wildman–Crippen LogP) is 4.51. The Hall–Kier alpha value is -1.92. The molecule has 0 aliphatic heterocycles. The van der Waals surface area contributed by atoms with Crippen LogP contribution in [0.1, 0.15) is 19.9 Å². The minimum absolute atomic E-state index is 0.0294. The van der Waals surface area contributed by atoms with Gasteiger partial charge in [0.05, 0.1) is 10.6 Å². The lowest BCUT2D eigenvalue weighted by Crippen LogP contribution is -2.29. The summed E-state index contributed by atoms with van der Waals surface area (Å²) in [6.45, 7) is 4.09. The van der Waals surface area contributed by atoms with Gasteiger partial charge in [0.15, 0.2) is 5.13 Å². The number of hydrogen-bond donors (Lipinski definition) is 1. The topological polar surface area (TPSA) is 46.9 Å². The fourth-order valence-corrected chi connectivity index (χ4v) is 3.84. The minimum Gasteiger partial charge on any atom is -0.342 e. The van der Waals surface area contributed by atoms with Gasteiger partial charge in [-0.25, -0.2) is 4.98 Å². The van der Waals surface area contributed by atoms with E-state index < -0.39 is 0 Å². The third kappa shape index (κ3) is 3.13. The van der Waals surface area contributed by atoms with Crippen LogP contribution in [0.5, 0.6) is 0 Å². The molecule has 1 amide bonds. The smallest absolute Gasteiger partial charge is 0.249 e. The van der Waals surface area contributed by atoms with Gasteiger partial charge in [-0.05, 0) is 29.5 Å². The first-order valence-electron chi connectivity index (χ1n) is 7.08. The number of nitrogens with zero attached hydrogens (tertiary/aromatic N) is 2. The van der Waals surface area contributed by atoms with Crippen LogP contribution in [0.4, 0.5) is 5.13 Å². The molecule has 3 heterocycles. The Morgan fingerprint density at radius 3 is 2.64 bits per heavy atom. The van der Waals surface area contributed by atoms with Crippen LogP contribution in [0.2, 0.25) is 0 Å². The summed E-state index contributed by atoms with van der Waals surface area (Å²) in [7, 11) is 0. The highest BCUT2D eigenvalue weighted by Crippen LogP contribution is 2.29. The van der Waals surface area contributed by atoms with Gasteiger partial charge >= 0.3 is 0 Å². The molecule has 4 nitrogen and oxygen atoms in total. The van der Waals surface area contributed by atoms with Crippen molar-refractivity contribution in [3.8, 4) is 10.6 Å². The number of thiazole rings is 1. The maximum atomic E-state index is 12.6. The van der Waals surface area contributed by atoms with E-state index in [1.807, 2.05) is 65.8 Å². The summed E-state index contributed by atoms with van der Waals surface area (Å²) >= 11 is 3.10. The minimum atomic E-state index is -0.232. The monoisotopic (exact) mass is 331 g/mol. The normalized spacial score (nSPS) is 12.5. The van der Waals surface area contributed by atoms with Crippen LogP contribution in [-0.2, 0) is 4.79 Å². The third-order valence-corrected chi connectivity index (χ3v) is 5.01. The number of thiophene rings is 1. The quantitative estimate of drug-likeness (QED) is 0.748. The Morgan fingerprint density at radius 2 is 2.00 bits per heavy atom. The van der Waals surface area contributed by atoms with Crippen LogP contribution >= 0.6 is 22.7 Å². The van der Waals surface area contributed by atoms with Crippen molar-refractivity contribution in [3.05, 3.63) is 47.4 Å². The second-order valence-corrected chi connectivity index (χ2v) is 7.13. The summed E-state index contributed by atoms with van der Waals surface area (Å²) < 4.78 is 1.94. The van der Waals surface area contributed by atoms with Crippen molar-refractivity contribution in [1.82, 2.24) is 9.55 Å². The van der Waals surface area contributed by atoms with Crippen LogP contribution in [0.15, 0.2) is 47.4 Å². The molecule has 0 fully saturated rings. The summed E-state index contributed by atoms with van der Waals surface area (Å²) in [5, 5.41) is 7.59. The van der Waals surface area contributed by atoms with Gasteiger partial charge in [0, 0.05) is 17.8 Å². The van der Waals surface area contributed by atoms with Crippen LogP contribution in [0.3, 0.4) is 0 Å². The molecule has 0 unspecified atom stereocenters. The number of nitrogens with one attached hydrogen (secondary N) is 1.